The normalized spacial score (nSPS) is 18.6. The lowest BCUT2D eigenvalue weighted by molar-refractivity contribution is -0.140. The molecule has 0 saturated carbocycles. The number of likely N-dealkylation sites (N-methyl/N-ethyl adjacent to an activating group) is 1. The maximum absolute atomic E-state index is 13.5. The average molecular weight is 527 g/mol. The third-order valence-electron chi connectivity index (χ3n) is 6.93. The zero-order valence-electron chi connectivity index (χ0n) is 23.0. The van der Waals surface area contributed by atoms with E-state index in [9.17, 15) is 14.7 Å². The molecule has 1 N–H and O–H groups in total. The topological polar surface area (TPSA) is 79.3 Å². The molecule has 2 aliphatic heterocycles. The van der Waals surface area contributed by atoms with E-state index < -0.39 is 17.7 Å². The molecule has 1 fully saturated rings. The molecule has 1 saturated heterocycles. The lowest BCUT2D eigenvalue weighted by atomic mass is 9.94. The largest absolute Gasteiger partial charge is 0.507 e. The number of rotatable bonds is 5. The number of hydrogen-bond acceptors (Lipinski definition) is 6. The molecule has 1 atom stereocenters. The molecule has 1 unspecified atom stereocenters. The summed E-state index contributed by atoms with van der Waals surface area (Å²) in [5.74, 6) is -0.0941. The van der Waals surface area contributed by atoms with Crippen molar-refractivity contribution in [1.82, 2.24) is 4.90 Å². The fraction of sp³-hybridized carbons (Fsp3) is 0.312. The number of Topliss-reactive ketones (excluding diaryl/α,β-unsaturated/α-hetero) is 1. The van der Waals surface area contributed by atoms with Crippen molar-refractivity contribution < 1.29 is 24.2 Å². The maximum atomic E-state index is 13.5. The van der Waals surface area contributed by atoms with E-state index in [2.05, 4.69) is 0 Å². The van der Waals surface area contributed by atoms with Crippen LogP contribution in [0.4, 0.5) is 5.69 Å². The van der Waals surface area contributed by atoms with Crippen molar-refractivity contribution in [2.75, 3.05) is 25.1 Å². The van der Waals surface area contributed by atoms with Crippen molar-refractivity contribution in [3.05, 3.63) is 94.6 Å². The Morgan fingerprint density at radius 2 is 1.79 bits per heavy atom. The summed E-state index contributed by atoms with van der Waals surface area (Å²) < 4.78 is 11.7. The first-order chi connectivity index (χ1) is 18.5. The predicted octanol–water partition coefficient (Wildman–Crippen LogP) is 5.62. The number of aliphatic hydroxyl groups is 1. The van der Waals surface area contributed by atoms with Gasteiger partial charge in [0.2, 0.25) is 0 Å². The van der Waals surface area contributed by atoms with Gasteiger partial charge in [0, 0.05) is 19.2 Å². The molecule has 0 aliphatic carbocycles. The Hall–Kier alpha value is -4.26. The third kappa shape index (κ3) is 5.35. The van der Waals surface area contributed by atoms with Crippen molar-refractivity contribution >= 4 is 23.1 Å². The first kappa shape index (κ1) is 26.4. The number of likely N-dealkylation sites (tertiary alicyclic amines) is 1. The van der Waals surface area contributed by atoms with E-state index in [1.54, 1.807) is 18.2 Å². The van der Waals surface area contributed by atoms with Gasteiger partial charge in [-0.1, -0.05) is 42.0 Å². The highest BCUT2D eigenvalue weighted by molar-refractivity contribution is 6.46. The van der Waals surface area contributed by atoms with Gasteiger partial charge in [0.25, 0.3) is 11.7 Å². The number of ether oxygens (including phenoxy) is 2. The number of benzene rings is 3. The summed E-state index contributed by atoms with van der Waals surface area (Å²) in [7, 11) is 1.95. The lowest BCUT2D eigenvalue weighted by Gasteiger charge is -2.28. The van der Waals surface area contributed by atoms with Gasteiger partial charge in [0.1, 0.15) is 29.5 Å². The number of aryl methyl sites for hydroxylation is 1. The third-order valence-corrected chi connectivity index (χ3v) is 6.93. The number of carbonyl (C=O) groups is 2. The van der Waals surface area contributed by atoms with Gasteiger partial charge in [-0.15, -0.1) is 0 Å². The van der Waals surface area contributed by atoms with Gasteiger partial charge in [0.15, 0.2) is 0 Å². The molecule has 0 aromatic heterocycles. The number of carbonyl (C=O) groups excluding carboxylic acids is 2. The molecule has 7 nitrogen and oxygen atoms in total. The summed E-state index contributed by atoms with van der Waals surface area (Å²) >= 11 is 0. The summed E-state index contributed by atoms with van der Waals surface area (Å²) in [5.41, 5.74) is 3.65. The molecule has 39 heavy (non-hydrogen) atoms. The standard InChI is InChI=1S/C32H34N2O5/c1-20-7-6-8-22(17-20)28-27(29(35)23-11-14-26-25(18-23)33(5)15-16-38-26)30(36)31(37)34(28)19-21-9-12-24(13-10-21)39-32(2,3)4/h6-14,17-18,28,35H,15-16,19H2,1-5H3/b29-27-. The summed E-state index contributed by atoms with van der Waals surface area (Å²) in [6, 6.07) is 19.8. The lowest BCUT2D eigenvalue weighted by Crippen LogP contribution is -2.29. The van der Waals surface area contributed by atoms with E-state index in [1.165, 1.54) is 4.90 Å². The predicted molar refractivity (Wildman–Crippen MR) is 151 cm³/mol. The molecular formula is C32H34N2O5. The number of ketones is 1. The van der Waals surface area contributed by atoms with Gasteiger partial charge in [-0.3, -0.25) is 9.59 Å². The van der Waals surface area contributed by atoms with Crippen LogP contribution >= 0.6 is 0 Å². The van der Waals surface area contributed by atoms with E-state index in [1.807, 2.05) is 88.2 Å². The van der Waals surface area contributed by atoms with Crippen LogP contribution < -0.4 is 14.4 Å². The summed E-state index contributed by atoms with van der Waals surface area (Å²) in [6.45, 7) is 9.40. The SMILES string of the molecule is Cc1cccc(C2/C(=C(/O)c3ccc4c(c3)N(C)CCO4)C(=O)C(=O)N2Cc2ccc(OC(C)(C)C)cc2)c1. The van der Waals surface area contributed by atoms with E-state index >= 15 is 0 Å². The number of aliphatic hydroxyl groups excluding tert-OH is 1. The first-order valence-electron chi connectivity index (χ1n) is 13.1. The molecule has 0 radical (unpaired) electrons. The van der Waals surface area contributed by atoms with Crippen molar-refractivity contribution in [2.24, 2.45) is 0 Å². The smallest absolute Gasteiger partial charge is 0.295 e. The highest BCUT2D eigenvalue weighted by Crippen LogP contribution is 2.42. The highest BCUT2D eigenvalue weighted by atomic mass is 16.5. The second-order valence-corrected chi connectivity index (χ2v) is 11.2. The molecule has 3 aromatic carbocycles. The summed E-state index contributed by atoms with van der Waals surface area (Å²) in [4.78, 5) is 30.5. The Kier molecular flexibility index (Phi) is 6.85. The van der Waals surface area contributed by atoms with Crippen LogP contribution in [0.3, 0.4) is 0 Å². The maximum Gasteiger partial charge on any atom is 0.295 e. The van der Waals surface area contributed by atoms with Gasteiger partial charge < -0.3 is 24.4 Å². The van der Waals surface area contributed by atoms with Crippen LogP contribution in [-0.4, -0.2) is 47.5 Å². The Bertz CT molecular complexity index is 1450. The fourth-order valence-electron chi connectivity index (χ4n) is 5.10. The molecule has 5 rings (SSSR count). The Morgan fingerprint density at radius 1 is 1.05 bits per heavy atom. The number of anilines is 1. The molecule has 2 heterocycles. The Morgan fingerprint density at radius 3 is 2.49 bits per heavy atom. The van der Waals surface area contributed by atoms with Crippen molar-refractivity contribution in [3.63, 3.8) is 0 Å². The Labute approximate surface area is 229 Å². The Balaban J connectivity index is 1.56. The number of hydrogen-bond donors (Lipinski definition) is 1. The van der Waals surface area contributed by atoms with Crippen LogP contribution in [0.15, 0.2) is 72.3 Å². The molecule has 0 spiro atoms. The van der Waals surface area contributed by atoms with Crippen molar-refractivity contribution in [3.8, 4) is 11.5 Å². The van der Waals surface area contributed by atoms with Crippen LogP contribution in [0.5, 0.6) is 11.5 Å². The van der Waals surface area contributed by atoms with E-state index in [4.69, 9.17) is 9.47 Å². The van der Waals surface area contributed by atoms with Crippen molar-refractivity contribution in [1.29, 1.82) is 0 Å². The minimum atomic E-state index is -0.736. The number of fused-ring (bicyclic) bond motifs is 1. The molecular weight excluding hydrogens is 492 g/mol. The monoisotopic (exact) mass is 526 g/mol. The van der Waals surface area contributed by atoms with Crippen LogP contribution in [0.1, 0.15) is 49.1 Å². The first-order valence-corrected chi connectivity index (χ1v) is 13.1. The zero-order valence-corrected chi connectivity index (χ0v) is 23.0. The molecule has 3 aromatic rings. The quantitative estimate of drug-likeness (QED) is 0.264. The van der Waals surface area contributed by atoms with Crippen LogP contribution in [0.25, 0.3) is 5.76 Å². The molecule has 7 heteroatoms. The molecule has 202 valence electrons. The second kappa shape index (κ2) is 10.1. The molecule has 0 bridgehead atoms. The zero-order chi connectivity index (χ0) is 27.9. The fourth-order valence-corrected chi connectivity index (χ4v) is 5.10. The van der Waals surface area contributed by atoms with Crippen LogP contribution in [0, 0.1) is 6.92 Å². The second-order valence-electron chi connectivity index (χ2n) is 11.2. The van der Waals surface area contributed by atoms with E-state index in [0.29, 0.717) is 18.7 Å². The van der Waals surface area contributed by atoms with Crippen LogP contribution in [-0.2, 0) is 16.1 Å². The van der Waals surface area contributed by atoms with Crippen molar-refractivity contribution in [2.45, 2.75) is 45.9 Å². The van der Waals surface area contributed by atoms with Crippen LogP contribution in [0.2, 0.25) is 0 Å². The molecule has 2 aliphatic rings. The van der Waals surface area contributed by atoms with Gasteiger partial charge in [-0.2, -0.15) is 0 Å². The number of nitrogens with zero attached hydrogens (tertiary/aromatic N) is 2. The summed E-state index contributed by atoms with van der Waals surface area (Å²) in [6.07, 6.45) is 0. The van der Waals surface area contributed by atoms with Gasteiger partial charge in [-0.05, 0) is 69.2 Å². The van der Waals surface area contributed by atoms with Gasteiger partial charge in [0.05, 0.1) is 23.8 Å². The minimum Gasteiger partial charge on any atom is -0.507 e. The van der Waals surface area contributed by atoms with Gasteiger partial charge in [-0.25, -0.2) is 0 Å². The summed E-state index contributed by atoms with van der Waals surface area (Å²) in [5, 5.41) is 11.5. The van der Waals surface area contributed by atoms with E-state index in [0.717, 1.165) is 33.9 Å². The average Bonchev–Trinajstić information content (AvgIpc) is 3.13. The highest BCUT2D eigenvalue weighted by Gasteiger charge is 2.46. The number of amides is 1. The van der Waals surface area contributed by atoms with Gasteiger partial charge >= 0.3 is 0 Å². The minimum absolute atomic E-state index is 0.0811. The molecule has 1 amide bonds. The van der Waals surface area contributed by atoms with E-state index in [-0.39, 0.29) is 23.5 Å².